The van der Waals surface area contributed by atoms with Gasteiger partial charge in [0.05, 0.1) is 11.1 Å². The Balaban J connectivity index is 2.27. The van der Waals surface area contributed by atoms with E-state index in [1.807, 2.05) is 12.1 Å². The van der Waals surface area contributed by atoms with Gasteiger partial charge in [-0.15, -0.1) is 0 Å². The van der Waals surface area contributed by atoms with Crippen molar-refractivity contribution in [1.82, 2.24) is 5.32 Å². The van der Waals surface area contributed by atoms with Crippen LogP contribution in [0.1, 0.15) is 32.4 Å². The molecule has 5 nitrogen and oxygen atoms in total. The zero-order chi connectivity index (χ0) is 15.4. The average molecular weight is 358 g/mol. The third-order valence-corrected chi connectivity index (χ3v) is 3.62. The molecule has 0 saturated heterocycles. The normalized spacial score (nSPS) is 14.3. The van der Waals surface area contributed by atoms with Gasteiger partial charge in [0, 0.05) is 0 Å². The van der Waals surface area contributed by atoms with E-state index in [-0.39, 0.29) is 12.8 Å². The smallest absolute Gasteiger partial charge is 0.327 e. The van der Waals surface area contributed by atoms with E-state index in [1.54, 1.807) is 6.92 Å². The summed E-state index contributed by atoms with van der Waals surface area (Å²) in [4.78, 5) is 12.2. The summed E-state index contributed by atoms with van der Waals surface area (Å²) in [6.45, 7) is 7.24. The number of ether oxygens (including phenoxy) is 3. The van der Waals surface area contributed by atoms with Crippen molar-refractivity contribution in [3.05, 3.63) is 22.2 Å². The molecule has 0 aliphatic carbocycles. The van der Waals surface area contributed by atoms with E-state index in [2.05, 4.69) is 35.1 Å². The van der Waals surface area contributed by atoms with Crippen LogP contribution in [0.3, 0.4) is 0 Å². The topological polar surface area (TPSA) is 56.8 Å². The maximum Gasteiger partial charge on any atom is 0.327 e. The van der Waals surface area contributed by atoms with Gasteiger partial charge in [-0.05, 0) is 53.0 Å². The van der Waals surface area contributed by atoms with E-state index in [1.165, 1.54) is 0 Å². The van der Waals surface area contributed by atoms with Crippen molar-refractivity contribution < 1.29 is 19.0 Å². The molecular formula is C15H20BrNO4. The number of benzene rings is 1. The van der Waals surface area contributed by atoms with Crippen LogP contribution in [0.15, 0.2) is 16.6 Å². The molecule has 1 aromatic rings. The molecule has 0 radical (unpaired) electrons. The number of esters is 1. The summed E-state index contributed by atoms with van der Waals surface area (Å²) in [7, 11) is 0. The Morgan fingerprint density at radius 1 is 1.43 bits per heavy atom. The van der Waals surface area contributed by atoms with Gasteiger partial charge in [0.1, 0.15) is 6.04 Å². The van der Waals surface area contributed by atoms with Crippen molar-refractivity contribution in [2.24, 2.45) is 5.92 Å². The van der Waals surface area contributed by atoms with E-state index in [4.69, 9.17) is 14.2 Å². The summed E-state index contributed by atoms with van der Waals surface area (Å²) in [5, 5.41) is 3.25. The summed E-state index contributed by atoms with van der Waals surface area (Å²) in [5.41, 5.74) is 0.797. The number of carbonyl (C=O) groups excluding carboxylic acids is 1. The van der Waals surface area contributed by atoms with Gasteiger partial charge in [-0.3, -0.25) is 0 Å². The van der Waals surface area contributed by atoms with Crippen LogP contribution in [0, 0.1) is 5.92 Å². The van der Waals surface area contributed by atoms with Crippen LogP contribution in [0.2, 0.25) is 0 Å². The summed E-state index contributed by atoms with van der Waals surface area (Å²) in [6.07, 6.45) is 0. The lowest BCUT2D eigenvalue weighted by atomic mass is 10.1. The molecule has 6 heteroatoms. The van der Waals surface area contributed by atoms with E-state index in [9.17, 15) is 4.79 Å². The average Bonchev–Trinajstić information content (AvgIpc) is 2.88. The molecule has 0 amide bonds. The van der Waals surface area contributed by atoms with Crippen LogP contribution in [-0.4, -0.2) is 25.9 Å². The maximum absolute atomic E-state index is 12.2. The highest BCUT2D eigenvalue weighted by atomic mass is 79.9. The monoisotopic (exact) mass is 357 g/mol. The van der Waals surface area contributed by atoms with Crippen molar-refractivity contribution >= 4 is 21.9 Å². The molecular weight excluding hydrogens is 338 g/mol. The van der Waals surface area contributed by atoms with Crippen molar-refractivity contribution in [2.45, 2.75) is 26.8 Å². The van der Waals surface area contributed by atoms with Crippen LogP contribution in [-0.2, 0) is 9.53 Å². The van der Waals surface area contributed by atoms with Crippen molar-refractivity contribution in [3.63, 3.8) is 0 Å². The van der Waals surface area contributed by atoms with Gasteiger partial charge in [-0.1, -0.05) is 13.8 Å². The first kappa shape index (κ1) is 16.1. The Labute approximate surface area is 133 Å². The van der Waals surface area contributed by atoms with Crippen molar-refractivity contribution in [1.29, 1.82) is 0 Å². The first-order chi connectivity index (χ1) is 10.0. The highest BCUT2D eigenvalue weighted by molar-refractivity contribution is 9.10. The largest absolute Gasteiger partial charge is 0.465 e. The minimum absolute atomic E-state index is 0.195. The number of fused-ring (bicyclic) bond motifs is 1. The number of hydrogen-bond acceptors (Lipinski definition) is 5. The molecule has 0 aromatic heterocycles. The Hall–Kier alpha value is -1.27. The molecule has 1 N–H and O–H groups in total. The lowest BCUT2D eigenvalue weighted by molar-refractivity contribution is -0.145. The quantitative estimate of drug-likeness (QED) is 0.793. The second kappa shape index (κ2) is 7.13. The Morgan fingerprint density at radius 2 is 2.19 bits per heavy atom. The van der Waals surface area contributed by atoms with Crippen molar-refractivity contribution in [2.75, 3.05) is 19.9 Å². The number of hydrogen-bond donors (Lipinski definition) is 1. The third-order valence-electron chi connectivity index (χ3n) is 3.04. The number of halogens is 1. The van der Waals surface area contributed by atoms with E-state index in [0.29, 0.717) is 24.0 Å². The summed E-state index contributed by atoms with van der Waals surface area (Å²) in [6, 6.07) is 3.17. The van der Waals surface area contributed by atoms with Crippen LogP contribution in [0.4, 0.5) is 0 Å². The SMILES string of the molecule is CCOC(=O)C(NCC(C)C)c1cc(Br)c2c(c1)OCO2. The highest BCUT2D eigenvalue weighted by Gasteiger charge is 2.26. The van der Waals surface area contributed by atoms with Crippen LogP contribution < -0.4 is 14.8 Å². The molecule has 1 heterocycles. The second-order valence-electron chi connectivity index (χ2n) is 5.22. The van der Waals surface area contributed by atoms with Gasteiger partial charge in [-0.2, -0.15) is 0 Å². The maximum atomic E-state index is 12.2. The molecule has 1 aliphatic rings. The van der Waals surface area contributed by atoms with E-state index in [0.717, 1.165) is 16.6 Å². The van der Waals surface area contributed by atoms with Gasteiger partial charge < -0.3 is 19.5 Å². The summed E-state index contributed by atoms with van der Waals surface area (Å²) >= 11 is 3.45. The Kier molecular flexibility index (Phi) is 5.47. The predicted molar refractivity (Wildman–Crippen MR) is 82.5 cm³/mol. The Bertz CT molecular complexity index is 519. The van der Waals surface area contributed by atoms with Crippen LogP contribution in [0.5, 0.6) is 11.5 Å². The molecule has 1 aliphatic heterocycles. The fourth-order valence-corrected chi connectivity index (χ4v) is 2.64. The van der Waals surface area contributed by atoms with Gasteiger partial charge >= 0.3 is 5.97 Å². The zero-order valence-corrected chi connectivity index (χ0v) is 14.0. The fourth-order valence-electron chi connectivity index (χ4n) is 2.07. The fraction of sp³-hybridized carbons (Fsp3) is 0.533. The highest BCUT2D eigenvalue weighted by Crippen LogP contribution is 2.41. The van der Waals surface area contributed by atoms with Crippen LogP contribution >= 0.6 is 15.9 Å². The standard InChI is InChI=1S/C15H20BrNO4/c1-4-19-15(18)13(17-7-9(2)3)10-5-11(16)14-12(6-10)20-8-21-14/h5-6,9,13,17H,4,7-8H2,1-3H3. The first-order valence-corrected chi connectivity index (χ1v) is 7.81. The number of carbonyl (C=O) groups is 1. The molecule has 21 heavy (non-hydrogen) atoms. The molecule has 2 rings (SSSR count). The van der Waals surface area contributed by atoms with Gasteiger partial charge in [0.15, 0.2) is 11.5 Å². The zero-order valence-electron chi connectivity index (χ0n) is 12.4. The van der Waals surface area contributed by atoms with Gasteiger partial charge in [0.2, 0.25) is 6.79 Å². The van der Waals surface area contributed by atoms with E-state index < -0.39 is 6.04 Å². The number of nitrogens with one attached hydrogen (secondary N) is 1. The molecule has 1 unspecified atom stereocenters. The molecule has 0 saturated carbocycles. The van der Waals surface area contributed by atoms with Gasteiger partial charge in [0.25, 0.3) is 0 Å². The third kappa shape index (κ3) is 3.89. The molecule has 116 valence electrons. The van der Waals surface area contributed by atoms with Crippen LogP contribution in [0.25, 0.3) is 0 Å². The lowest BCUT2D eigenvalue weighted by Crippen LogP contribution is -2.32. The van der Waals surface area contributed by atoms with Crippen molar-refractivity contribution in [3.8, 4) is 11.5 Å². The number of rotatable bonds is 6. The second-order valence-corrected chi connectivity index (χ2v) is 6.08. The molecule has 0 bridgehead atoms. The Morgan fingerprint density at radius 3 is 2.86 bits per heavy atom. The molecule has 1 aromatic carbocycles. The summed E-state index contributed by atoms with van der Waals surface area (Å²) in [5.74, 6) is 1.45. The van der Waals surface area contributed by atoms with E-state index >= 15 is 0 Å². The summed E-state index contributed by atoms with van der Waals surface area (Å²) < 4.78 is 16.7. The predicted octanol–water partition coefficient (Wildman–Crippen LogP) is 3.03. The lowest BCUT2D eigenvalue weighted by Gasteiger charge is -2.19. The minimum atomic E-state index is -0.516. The minimum Gasteiger partial charge on any atom is -0.465 e. The molecule has 0 spiro atoms. The first-order valence-electron chi connectivity index (χ1n) is 7.02. The van der Waals surface area contributed by atoms with Gasteiger partial charge in [-0.25, -0.2) is 4.79 Å². The molecule has 0 fully saturated rings. The molecule has 1 atom stereocenters.